The van der Waals surface area contributed by atoms with E-state index in [1.807, 2.05) is 11.6 Å². The Kier molecular flexibility index (Phi) is 4.20. The number of anilines is 1. The highest BCUT2D eigenvalue weighted by Crippen LogP contribution is 2.21. The van der Waals surface area contributed by atoms with Gasteiger partial charge < -0.3 is 15.2 Å². The van der Waals surface area contributed by atoms with Gasteiger partial charge in [0.1, 0.15) is 6.33 Å². The number of hydrogen-bond acceptors (Lipinski definition) is 4. The van der Waals surface area contributed by atoms with Crippen LogP contribution in [0.4, 0.5) is 5.69 Å². The van der Waals surface area contributed by atoms with E-state index in [0.29, 0.717) is 12.1 Å². The second kappa shape index (κ2) is 6.26. The van der Waals surface area contributed by atoms with E-state index in [0.717, 1.165) is 23.5 Å². The van der Waals surface area contributed by atoms with Crippen molar-refractivity contribution in [2.45, 2.75) is 38.3 Å². The van der Waals surface area contributed by atoms with Crippen molar-refractivity contribution < 1.29 is 0 Å². The summed E-state index contributed by atoms with van der Waals surface area (Å²) in [5.41, 5.74) is 2.23. The van der Waals surface area contributed by atoms with E-state index in [1.165, 1.54) is 19.4 Å². The molecule has 1 saturated heterocycles. The first-order valence-corrected chi connectivity index (χ1v) is 7.67. The van der Waals surface area contributed by atoms with Gasteiger partial charge in [-0.05, 0) is 44.9 Å². The van der Waals surface area contributed by atoms with Gasteiger partial charge in [-0.15, -0.1) is 10.2 Å². The fourth-order valence-electron chi connectivity index (χ4n) is 3.02. The third-order valence-electron chi connectivity index (χ3n) is 4.05. The Morgan fingerprint density at radius 1 is 1.48 bits per heavy atom. The molecular weight excluding hydrogens is 262 g/mol. The second-order valence-corrected chi connectivity index (χ2v) is 5.92. The van der Waals surface area contributed by atoms with Gasteiger partial charge >= 0.3 is 0 Å². The molecule has 112 valence electrons. The SMILES string of the molecule is CC(CC1CCCN1)Nc1cccc(-c2nncn2C)c1. The summed E-state index contributed by atoms with van der Waals surface area (Å²) in [5, 5.41) is 15.3. The highest BCUT2D eigenvalue weighted by molar-refractivity contribution is 5.62. The van der Waals surface area contributed by atoms with Gasteiger partial charge in [-0.1, -0.05) is 12.1 Å². The molecule has 5 nitrogen and oxygen atoms in total. The summed E-state index contributed by atoms with van der Waals surface area (Å²) in [6.45, 7) is 3.41. The van der Waals surface area contributed by atoms with Crippen LogP contribution < -0.4 is 10.6 Å². The monoisotopic (exact) mass is 285 g/mol. The highest BCUT2D eigenvalue weighted by atomic mass is 15.2. The third kappa shape index (κ3) is 3.42. The molecule has 5 heteroatoms. The molecule has 0 bridgehead atoms. The van der Waals surface area contributed by atoms with Crippen LogP contribution in [-0.2, 0) is 7.05 Å². The Morgan fingerprint density at radius 2 is 2.38 bits per heavy atom. The van der Waals surface area contributed by atoms with Crippen LogP contribution in [-0.4, -0.2) is 33.4 Å². The molecule has 0 aliphatic carbocycles. The molecule has 1 aromatic heterocycles. The van der Waals surface area contributed by atoms with E-state index >= 15 is 0 Å². The molecule has 2 atom stereocenters. The minimum atomic E-state index is 0.454. The zero-order valence-corrected chi connectivity index (χ0v) is 12.7. The average molecular weight is 285 g/mol. The van der Waals surface area contributed by atoms with Crippen molar-refractivity contribution in [1.29, 1.82) is 0 Å². The van der Waals surface area contributed by atoms with Gasteiger partial charge in [0.15, 0.2) is 5.82 Å². The van der Waals surface area contributed by atoms with Crippen molar-refractivity contribution in [3.05, 3.63) is 30.6 Å². The van der Waals surface area contributed by atoms with Crippen LogP contribution >= 0.6 is 0 Å². The van der Waals surface area contributed by atoms with E-state index in [1.54, 1.807) is 6.33 Å². The summed E-state index contributed by atoms with van der Waals surface area (Å²) in [4.78, 5) is 0. The standard InChI is InChI=1S/C16H23N5/c1-12(9-14-7-4-8-17-14)19-15-6-3-5-13(10-15)16-20-18-11-21(16)2/h3,5-6,10-12,14,17,19H,4,7-9H2,1-2H3. The Balaban J connectivity index is 1.67. The van der Waals surface area contributed by atoms with Crippen LogP contribution in [0.1, 0.15) is 26.2 Å². The summed E-state index contributed by atoms with van der Waals surface area (Å²) in [6, 6.07) is 9.50. The number of benzene rings is 1. The Hall–Kier alpha value is -1.88. The zero-order valence-electron chi connectivity index (χ0n) is 12.7. The maximum Gasteiger partial charge on any atom is 0.163 e. The first kappa shape index (κ1) is 14.1. The molecule has 0 spiro atoms. The minimum Gasteiger partial charge on any atom is -0.383 e. The minimum absolute atomic E-state index is 0.454. The summed E-state index contributed by atoms with van der Waals surface area (Å²) in [7, 11) is 1.96. The summed E-state index contributed by atoms with van der Waals surface area (Å²) in [6.07, 6.45) is 5.49. The molecule has 1 fully saturated rings. The lowest BCUT2D eigenvalue weighted by molar-refractivity contribution is 0.523. The molecular formula is C16H23N5. The van der Waals surface area contributed by atoms with E-state index in [-0.39, 0.29) is 0 Å². The van der Waals surface area contributed by atoms with Crippen LogP contribution in [0.3, 0.4) is 0 Å². The molecule has 0 radical (unpaired) electrons. The summed E-state index contributed by atoms with van der Waals surface area (Å²) >= 11 is 0. The lowest BCUT2D eigenvalue weighted by Crippen LogP contribution is -2.29. The zero-order chi connectivity index (χ0) is 14.7. The molecule has 3 rings (SSSR count). The summed E-state index contributed by atoms with van der Waals surface area (Å²) in [5.74, 6) is 0.892. The normalized spacial score (nSPS) is 19.6. The number of nitrogens with zero attached hydrogens (tertiary/aromatic N) is 3. The van der Waals surface area contributed by atoms with Crippen molar-refractivity contribution in [3.8, 4) is 11.4 Å². The van der Waals surface area contributed by atoms with Crippen molar-refractivity contribution >= 4 is 5.69 Å². The van der Waals surface area contributed by atoms with Crippen LogP contribution in [0.5, 0.6) is 0 Å². The number of hydrogen-bond donors (Lipinski definition) is 2. The number of rotatable bonds is 5. The Morgan fingerprint density at radius 3 is 3.10 bits per heavy atom. The Labute approximate surface area is 125 Å². The van der Waals surface area contributed by atoms with E-state index in [2.05, 4.69) is 52.0 Å². The molecule has 1 aromatic carbocycles. The van der Waals surface area contributed by atoms with Crippen LogP contribution in [0.15, 0.2) is 30.6 Å². The maximum atomic E-state index is 4.16. The molecule has 0 saturated carbocycles. The smallest absolute Gasteiger partial charge is 0.163 e. The molecule has 1 aliphatic rings. The van der Waals surface area contributed by atoms with E-state index < -0.39 is 0 Å². The number of aryl methyl sites for hydroxylation is 1. The van der Waals surface area contributed by atoms with E-state index in [9.17, 15) is 0 Å². The molecule has 1 aliphatic heterocycles. The van der Waals surface area contributed by atoms with Gasteiger partial charge in [0, 0.05) is 30.4 Å². The van der Waals surface area contributed by atoms with Crippen LogP contribution in [0.2, 0.25) is 0 Å². The van der Waals surface area contributed by atoms with Gasteiger partial charge in [0.05, 0.1) is 0 Å². The first-order chi connectivity index (χ1) is 10.2. The van der Waals surface area contributed by atoms with Crippen molar-refractivity contribution in [2.75, 3.05) is 11.9 Å². The molecule has 2 aromatic rings. The number of nitrogens with one attached hydrogen (secondary N) is 2. The Bertz CT molecular complexity index is 586. The molecule has 0 amide bonds. The first-order valence-electron chi connectivity index (χ1n) is 7.67. The molecule has 2 unspecified atom stereocenters. The molecule has 2 N–H and O–H groups in total. The maximum absolute atomic E-state index is 4.16. The molecule has 21 heavy (non-hydrogen) atoms. The van der Waals surface area contributed by atoms with Crippen molar-refractivity contribution in [3.63, 3.8) is 0 Å². The second-order valence-electron chi connectivity index (χ2n) is 5.92. The largest absolute Gasteiger partial charge is 0.383 e. The lowest BCUT2D eigenvalue weighted by Gasteiger charge is -2.19. The highest BCUT2D eigenvalue weighted by Gasteiger charge is 2.17. The fourth-order valence-corrected chi connectivity index (χ4v) is 3.02. The van der Waals surface area contributed by atoms with Crippen LogP contribution in [0, 0.1) is 0 Å². The van der Waals surface area contributed by atoms with E-state index in [4.69, 9.17) is 0 Å². The number of aromatic nitrogens is 3. The summed E-state index contributed by atoms with van der Waals surface area (Å²) < 4.78 is 1.94. The van der Waals surface area contributed by atoms with Gasteiger partial charge in [0.25, 0.3) is 0 Å². The van der Waals surface area contributed by atoms with Crippen molar-refractivity contribution in [2.24, 2.45) is 7.05 Å². The van der Waals surface area contributed by atoms with Gasteiger partial charge in [-0.25, -0.2) is 0 Å². The average Bonchev–Trinajstić information content (AvgIpc) is 3.10. The quantitative estimate of drug-likeness (QED) is 0.886. The van der Waals surface area contributed by atoms with Gasteiger partial charge in [-0.2, -0.15) is 0 Å². The molecule has 2 heterocycles. The van der Waals surface area contributed by atoms with Crippen LogP contribution in [0.25, 0.3) is 11.4 Å². The third-order valence-corrected chi connectivity index (χ3v) is 4.05. The van der Waals surface area contributed by atoms with Gasteiger partial charge in [-0.3, -0.25) is 0 Å². The predicted octanol–water partition coefficient (Wildman–Crippen LogP) is 2.42. The lowest BCUT2D eigenvalue weighted by atomic mass is 10.1. The predicted molar refractivity (Wildman–Crippen MR) is 85.2 cm³/mol. The topological polar surface area (TPSA) is 54.8 Å². The van der Waals surface area contributed by atoms with Gasteiger partial charge in [0.2, 0.25) is 0 Å². The van der Waals surface area contributed by atoms with Crippen molar-refractivity contribution in [1.82, 2.24) is 20.1 Å². The fraction of sp³-hybridized carbons (Fsp3) is 0.500.